The van der Waals surface area contributed by atoms with Gasteiger partial charge in [0.15, 0.2) is 18.9 Å². The smallest absolute Gasteiger partial charge is 0.176 e. The highest BCUT2D eigenvalue weighted by Crippen LogP contribution is 2.36. The molecule has 0 aliphatic carbocycles. The molecule has 3 unspecified atom stereocenters. The number of ether oxygens (including phenoxy) is 5. The molecule has 3 aliphatic rings. The van der Waals surface area contributed by atoms with Gasteiger partial charge < -0.3 is 86.6 Å². The summed E-state index contributed by atoms with van der Waals surface area (Å²) >= 11 is 0. The minimum atomic E-state index is -1.73. The quantitative estimate of drug-likeness (QED) is 0.122. The maximum absolute atomic E-state index is 11.0. The van der Waals surface area contributed by atoms with Crippen LogP contribution in [0.2, 0.25) is 0 Å². The predicted octanol–water partition coefficient (Wildman–Crippen LogP) is -7.35. The largest absolute Gasteiger partial charge is 0.394 e. The number of nitrogens with two attached hydrogens (primary N) is 3. The minimum Gasteiger partial charge on any atom is -0.394 e. The standard InChI is InChI=1S/C22H44N4O13/c1-7(26(2)3)22(6-29)18(33)15(32)12(25)21(39-22)38-17-9(5-28)36-20(11(24)14(17)31)37-16-8(4-27)35-19(34)10(23)13(16)30/h7-21,27-34H,4-6,23-25H2,1-3H3/t7?,8-,9-,10-,11-,12-,13-,14-,15-,16?,17?,18+,19-,20+,21+,22+/m1/s1. The van der Waals surface area contributed by atoms with Crippen LogP contribution in [-0.2, 0) is 23.7 Å². The van der Waals surface area contributed by atoms with Crippen molar-refractivity contribution in [3.05, 3.63) is 0 Å². The summed E-state index contributed by atoms with van der Waals surface area (Å²) in [4.78, 5) is 1.65. The van der Waals surface area contributed by atoms with E-state index in [2.05, 4.69) is 0 Å². The Kier molecular flexibility index (Phi) is 11.0. The van der Waals surface area contributed by atoms with Gasteiger partial charge in [-0.1, -0.05) is 0 Å². The summed E-state index contributed by atoms with van der Waals surface area (Å²) in [5.74, 6) is 0. The lowest BCUT2D eigenvalue weighted by Crippen LogP contribution is -2.74. The molecule has 0 amide bonds. The fourth-order valence-corrected chi connectivity index (χ4v) is 5.15. The van der Waals surface area contributed by atoms with Crippen LogP contribution >= 0.6 is 0 Å². The minimum absolute atomic E-state index is 0.638. The molecule has 0 radical (unpaired) electrons. The highest BCUT2D eigenvalue weighted by Gasteiger charge is 2.58. The SMILES string of the molecule is CC(N(C)C)[C@]1(CO)O[C@H](OC2[C@@H](CO)O[C@@H](OC3[C@@H](CO)O[C@@H](O)[C@H](N)[C@H]3O)[C@H](N)[C@H]2O)[C@H](N)[C@@H](O)[C@@H]1O. The lowest BCUT2D eigenvalue weighted by Gasteiger charge is -2.53. The van der Waals surface area contributed by atoms with Crippen LogP contribution in [0.15, 0.2) is 0 Å². The molecule has 0 aromatic rings. The lowest BCUT2D eigenvalue weighted by molar-refractivity contribution is -0.365. The Morgan fingerprint density at radius 3 is 1.77 bits per heavy atom. The first-order valence-electron chi connectivity index (χ1n) is 12.7. The Morgan fingerprint density at radius 2 is 1.26 bits per heavy atom. The molecule has 0 spiro atoms. The van der Waals surface area contributed by atoms with E-state index < -0.39 is 117 Å². The third kappa shape index (κ3) is 6.11. The zero-order valence-corrected chi connectivity index (χ0v) is 22.1. The van der Waals surface area contributed by atoms with Crippen LogP contribution in [0, 0.1) is 0 Å². The number of aliphatic hydroxyl groups excluding tert-OH is 8. The second-order valence-corrected chi connectivity index (χ2v) is 10.6. The number of rotatable bonds is 9. The van der Waals surface area contributed by atoms with Gasteiger partial charge in [0.1, 0.15) is 54.4 Å². The molecule has 3 rings (SSSR count). The van der Waals surface area contributed by atoms with Crippen molar-refractivity contribution in [3.8, 4) is 0 Å². The van der Waals surface area contributed by atoms with E-state index in [1.54, 1.807) is 25.9 Å². The molecule has 3 heterocycles. The van der Waals surface area contributed by atoms with Gasteiger partial charge in [-0.25, -0.2) is 0 Å². The molecule has 39 heavy (non-hydrogen) atoms. The second-order valence-electron chi connectivity index (χ2n) is 10.6. The first-order chi connectivity index (χ1) is 18.2. The Bertz CT molecular complexity index is 784. The monoisotopic (exact) mass is 572 g/mol. The molecule has 14 N–H and O–H groups in total. The van der Waals surface area contributed by atoms with E-state index in [4.69, 9.17) is 40.9 Å². The van der Waals surface area contributed by atoms with Crippen LogP contribution in [0.4, 0.5) is 0 Å². The summed E-state index contributed by atoms with van der Waals surface area (Å²) < 4.78 is 28.4. The van der Waals surface area contributed by atoms with E-state index in [0.717, 1.165) is 0 Å². The molecule has 0 aromatic carbocycles. The average molecular weight is 573 g/mol. The van der Waals surface area contributed by atoms with Crippen LogP contribution in [0.1, 0.15) is 6.92 Å². The molecule has 230 valence electrons. The topological polar surface area (TPSA) is 289 Å². The van der Waals surface area contributed by atoms with E-state index in [1.807, 2.05) is 0 Å². The van der Waals surface area contributed by atoms with Gasteiger partial charge >= 0.3 is 0 Å². The summed E-state index contributed by atoms with van der Waals surface area (Å²) in [7, 11) is 3.36. The number of nitrogens with zero attached hydrogens (tertiary/aromatic N) is 1. The molecule has 0 aromatic heterocycles. The maximum Gasteiger partial charge on any atom is 0.176 e. The number of hydrogen-bond donors (Lipinski definition) is 11. The second kappa shape index (κ2) is 13.1. The predicted molar refractivity (Wildman–Crippen MR) is 129 cm³/mol. The van der Waals surface area contributed by atoms with Crippen LogP contribution in [-0.4, -0.2) is 177 Å². The molecular formula is C22H44N4O13. The van der Waals surface area contributed by atoms with Crippen molar-refractivity contribution in [2.45, 2.75) is 104 Å². The first kappa shape index (κ1) is 32.8. The third-order valence-corrected chi connectivity index (χ3v) is 8.00. The fraction of sp³-hybridized carbons (Fsp3) is 1.00. The van der Waals surface area contributed by atoms with Crippen LogP contribution in [0.3, 0.4) is 0 Å². The molecular weight excluding hydrogens is 528 g/mol. The molecule has 0 saturated carbocycles. The van der Waals surface area contributed by atoms with Crippen molar-refractivity contribution in [2.75, 3.05) is 33.9 Å². The van der Waals surface area contributed by atoms with Crippen molar-refractivity contribution in [3.63, 3.8) is 0 Å². The first-order valence-corrected chi connectivity index (χ1v) is 12.7. The van der Waals surface area contributed by atoms with Crippen LogP contribution in [0.5, 0.6) is 0 Å². The van der Waals surface area contributed by atoms with Crippen molar-refractivity contribution in [1.82, 2.24) is 4.90 Å². The van der Waals surface area contributed by atoms with E-state index in [0.29, 0.717) is 0 Å². The van der Waals surface area contributed by atoms with Gasteiger partial charge in [0.05, 0.1) is 37.9 Å². The van der Waals surface area contributed by atoms with Gasteiger partial charge in [-0.2, -0.15) is 0 Å². The molecule has 16 atom stereocenters. The third-order valence-electron chi connectivity index (χ3n) is 8.00. The zero-order chi connectivity index (χ0) is 29.4. The normalized spacial score (nSPS) is 50.2. The summed E-state index contributed by atoms with van der Waals surface area (Å²) in [6.07, 6.45) is -16.0. The van der Waals surface area contributed by atoms with Gasteiger partial charge in [-0.15, -0.1) is 0 Å². The summed E-state index contributed by atoms with van der Waals surface area (Å²) in [6, 6.07) is -4.61. The van der Waals surface area contributed by atoms with E-state index >= 15 is 0 Å². The number of likely N-dealkylation sites (N-methyl/N-ethyl adjacent to an activating group) is 1. The van der Waals surface area contributed by atoms with Crippen molar-refractivity contribution in [2.24, 2.45) is 17.2 Å². The molecule has 3 fully saturated rings. The number of hydrogen-bond acceptors (Lipinski definition) is 17. The van der Waals surface area contributed by atoms with Crippen LogP contribution < -0.4 is 17.2 Å². The Hall–Kier alpha value is -0.680. The summed E-state index contributed by atoms with van der Waals surface area (Å²) in [6.45, 7) is -0.435. The summed E-state index contributed by atoms with van der Waals surface area (Å²) in [5, 5.41) is 82.6. The van der Waals surface area contributed by atoms with Crippen molar-refractivity contribution in [1.29, 1.82) is 0 Å². The van der Waals surface area contributed by atoms with Gasteiger partial charge in [-0.3, -0.25) is 0 Å². The van der Waals surface area contributed by atoms with Gasteiger partial charge in [-0.05, 0) is 21.0 Å². The van der Waals surface area contributed by atoms with Crippen LogP contribution in [0.25, 0.3) is 0 Å². The van der Waals surface area contributed by atoms with Gasteiger partial charge in [0.25, 0.3) is 0 Å². The highest BCUT2D eigenvalue weighted by atomic mass is 16.7. The molecule has 17 heteroatoms. The van der Waals surface area contributed by atoms with Gasteiger partial charge in [0.2, 0.25) is 0 Å². The fourth-order valence-electron chi connectivity index (χ4n) is 5.15. The molecule has 3 saturated heterocycles. The molecule has 3 aliphatic heterocycles. The Morgan fingerprint density at radius 1 is 0.769 bits per heavy atom. The van der Waals surface area contributed by atoms with E-state index in [-0.39, 0.29) is 0 Å². The van der Waals surface area contributed by atoms with Crippen molar-refractivity contribution >= 4 is 0 Å². The van der Waals surface area contributed by atoms with E-state index in [9.17, 15) is 40.9 Å². The lowest BCUT2D eigenvalue weighted by atomic mass is 9.81. The number of aliphatic hydroxyl groups is 8. The molecule has 0 bridgehead atoms. The molecule has 17 nitrogen and oxygen atoms in total. The van der Waals surface area contributed by atoms with E-state index in [1.165, 1.54) is 0 Å². The Balaban J connectivity index is 1.80. The Labute approximate surface area is 225 Å². The maximum atomic E-state index is 11.0. The summed E-state index contributed by atoms with van der Waals surface area (Å²) in [5.41, 5.74) is 16.2. The highest BCUT2D eigenvalue weighted by molar-refractivity contribution is 5.07. The zero-order valence-electron chi connectivity index (χ0n) is 22.1. The average Bonchev–Trinajstić information content (AvgIpc) is 2.92. The van der Waals surface area contributed by atoms with Gasteiger partial charge in [0, 0.05) is 6.04 Å². The van der Waals surface area contributed by atoms with Crippen molar-refractivity contribution < 1.29 is 64.5 Å².